The van der Waals surface area contributed by atoms with Crippen LogP contribution >= 0.6 is 11.3 Å². The smallest absolute Gasteiger partial charge is 0.282 e. The van der Waals surface area contributed by atoms with Gasteiger partial charge in [-0.1, -0.05) is 5.16 Å². The summed E-state index contributed by atoms with van der Waals surface area (Å²) in [5, 5.41) is 10.3. The summed E-state index contributed by atoms with van der Waals surface area (Å²) >= 11 is 1.42. The Bertz CT molecular complexity index is 1520. The molecule has 1 saturated heterocycles. The lowest BCUT2D eigenvalue weighted by atomic mass is 9.97. The molecule has 0 spiro atoms. The van der Waals surface area contributed by atoms with Gasteiger partial charge in [0, 0.05) is 42.9 Å². The highest BCUT2D eigenvalue weighted by atomic mass is 32.1. The van der Waals surface area contributed by atoms with Crippen molar-refractivity contribution < 1.29 is 40.7 Å². The SMILES string of the molecule is O=C(Cn1nc(C(F)F)cc1C(F)F)N1CCC(c2nc(C3=NOC(c4c(F)cc(F)cc4OCC4CC4)C3)cs2)CC1. The van der Waals surface area contributed by atoms with Gasteiger partial charge in [-0.05, 0) is 37.7 Å². The van der Waals surface area contributed by atoms with Crippen LogP contribution in [0.4, 0.5) is 26.3 Å². The molecule has 8 nitrogen and oxygen atoms in total. The average Bonchev–Trinajstić information content (AvgIpc) is 3.32. The number of halogens is 6. The van der Waals surface area contributed by atoms with E-state index in [1.54, 1.807) is 0 Å². The number of piperidine rings is 1. The molecule has 3 aliphatic rings. The summed E-state index contributed by atoms with van der Waals surface area (Å²) in [5.41, 5.74) is -0.296. The van der Waals surface area contributed by atoms with E-state index in [2.05, 4.69) is 10.3 Å². The normalized spacial score (nSPS) is 19.3. The van der Waals surface area contributed by atoms with Crippen molar-refractivity contribution >= 4 is 23.0 Å². The topological polar surface area (TPSA) is 81.8 Å². The molecule has 0 N–H and O–H groups in total. The maximum atomic E-state index is 14.8. The summed E-state index contributed by atoms with van der Waals surface area (Å²) in [6.07, 6.45) is -3.44. The van der Waals surface area contributed by atoms with Crippen LogP contribution in [0.15, 0.2) is 28.7 Å². The van der Waals surface area contributed by atoms with Crippen molar-refractivity contribution in [3.63, 3.8) is 0 Å². The second-order valence-electron chi connectivity index (χ2n) is 10.9. The zero-order valence-electron chi connectivity index (χ0n) is 22.7. The Morgan fingerprint density at radius 2 is 1.84 bits per heavy atom. The number of amides is 1. The predicted molar refractivity (Wildman–Crippen MR) is 142 cm³/mol. The summed E-state index contributed by atoms with van der Waals surface area (Å²) in [6, 6.07) is 2.58. The Morgan fingerprint density at radius 3 is 2.53 bits per heavy atom. The molecule has 0 radical (unpaired) electrons. The number of carbonyl (C=O) groups excluding carboxylic acids is 1. The molecule has 0 bridgehead atoms. The third-order valence-corrected chi connectivity index (χ3v) is 8.80. The number of hydrogen-bond donors (Lipinski definition) is 0. The predicted octanol–water partition coefficient (Wildman–Crippen LogP) is 6.55. The molecular formula is C28H27F6N5O3S. The molecule has 2 aromatic heterocycles. The standard InChI is InChI=1S/C28H27F6N5O3S/c29-16-7-17(30)25(22(8-16)41-12-14-1-2-14)23-10-18(37-42-23)20-13-43-28(35-20)15-3-5-38(6-4-15)24(40)11-39-21(27(33)34)9-19(36-39)26(31)32/h7-9,13-15,23,26-27H,1-6,10-12H2. The molecule has 6 rings (SSSR count). The van der Waals surface area contributed by atoms with Crippen LogP contribution in [0.5, 0.6) is 5.75 Å². The lowest BCUT2D eigenvalue weighted by Crippen LogP contribution is -2.40. The van der Waals surface area contributed by atoms with Gasteiger partial charge < -0.3 is 14.5 Å². The number of ether oxygens (including phenoxy) is 1. The van der Waals surface area contributed by atoms with Crippen LogP contribution in [0.3, 0.4) is 0 Å². The van der Waals surface area contributed by atoms with Gasteiger partial charge in [-0.2, -0.15) is 5.10 Å². The van der Waals surface area contributed by atoms with Gasteiger partial charge in [-0.15, -0.1) is 11.3 Å². The molecule has 1 aromatic carbocycles. The number of benzene rings is 1. The molecule has 43 heavy (non-hydrogen) atoms. The maximum Gasteiger partial charge on any atom is 0.282 e. The van der Waals surface area contributed by atoms with E-state index < -0.39 is 54.4 Å². The van der Waals surface area contributed by atoms with Crippen molar-refractivity contribution in [1.29, 1.82) is 0 Å². The quantitative estimate of drug-likeness (QED) is 0.238. The van der Waals surface area contributed by atoms with Crippen molar-refractivity contribution in [1.82, 2.24) is 19.7 Å². The summed E-state index contributed by atoms with van der Waals surface area (Å²) in [7, 11) is 0. The average molecular weight is 628 g/mol. The molecule has 1 unspecified atom stereocenters. The fourth-order valence-electron chi connectivity index (χ4n) is 5.24. The largest absolute Gasteiger partial charge is 0.493 e. The van der Waals surface area contributed by atoms with E-state index in [-0.39, 0.29) is 23.7 Å². The van der Waals surface area contributed by atoms with Crippen LogP contribution < -0.4 is 4.74 Å². The fourth-order valence-corrected chi connectivity index (χ4v) is 6.24. The Kier molecular flexibility index (Phi) is 8.34. The lowest BCUT2D eigenvalue weighted by Gasteiger charge is -2.31. The summed E-state index contributed by atoms with van der Waals surface area (Å²) in [4.78, 5) is 24.5. The first-order chi connectivity index (χ1) is 20.7. The molecule has 3 aromatic rings. The molecule has 15 heteroatoms. The number of likely N-dealkylation sites (tertiary alicyclic amines) is 1. The minimum Gasteiger partial charge on any atom is -0.493 e. The number of hydrogen-bond acceptors (Lipinski definition) is 7. The zero-order chi connectivity index (χ0) is 30.2. The zero-order valence-corrected chi connectivity index (χ0v) is 23.5. The first-order valence-corrected chi connectivity index (χ1v) is 14.8. The molecule has 1 saturated carbocycles. The van der Waals surface area contributed by atoms with Crippen molar-refractivity contribution in [3.05, 3.63) is 62.9 Å². The minimum atomic E-state index is -3.04. The summed E-state index contributed by atoms with van der Waals surface area (Å²) < 4.78 is 87.6. The van der Waals surface area contributed by atoms with Crippen LogP contribution in [-0.2, 0) is 16.2 Å². The van der Waals surface area contributed by atoms with E-state index in [0.29, 0.717) is 60.6 Å². The maximum absolute atomic E-state index is 14.8. The number of nitrogens with zero attached hydrogens (tertiary/aromatic N) is 5. The highest BCUT2D eigenvalue weighted by Crippen LogP contribution is 2.40. The van der Waals surface area contributed by atoms with Gasteiger partial charge >= 0.3 is 0 Å². The fraction of sp³-hybridized carbons (Fsp3) is 0.500. The Hall–Kier alpha value is -3.62. The van der Waals surface area contributed by atoms with E-state index in [1.165, 1.54) is 16.2 Å². The van der Waals surface area contributed by atoms with E-state index in [0.717, 1.165) is 30.0 Å². The Balaban J connectivity index is 1.05. The molecule has 1 amide bonds. The van der Waals surface area contributed by atoms with Crippen LogP contribution in [0.2, 0.25) is 0 Å². The van der Waals surface area contributed by atoms with E-state index in [4.69, 9.17) is 14.6 Å². The van der Waals surface area contributed by atoms with Gasteiger partial charge in [0.15, 0.2) is 6.10 Å². The third-order valence-electron chi connectivity index (χ3n) is 7.80. The van der Waals surface area contributed by atoms with E-state index in [9.17, 15) is 31.1 Å². The Labute approximate surface area is 246 Å². The third kappa shape index (κ3) is 6.50. The number of rotatable bonds is 10. The molecule has 4 heterocycles. The molecule has 230 valence electrons. The van der Waals surface area contributed by atoms with Crippen molar-refractivity contribution in [2.45, 2.75) is 63.5 Å². The van der Waals surface area contributed by atoms with E-state index in [1.807, 2.05) is 5.38 Å². The second-order valence-corrected chi connectivity index (χ2v) is 11.8. The van der Waals surface area contributed by atoms with Crippen molar-refractivity contribution in [2.75, 3.05) is 19.7 Å². The highest BCUT2D eigenvalue weighted by Gasteiger charge is 2.33. The number of aromatic nitrogens is 3. The first-order valence-electron chi connectivity index (χ1n) is 13.9. The lowest BCUT2D eigenvalue weighted by molar-refractivity contribution is -0.133. The second kappa shape index (κ2) is 12.2. The summed E-state index contributed by atoms with van der Waals surface area (Å²) in [6.45, 7) is 0.507. The number of alkyl halides is 4. The van der Waals surface area contributed by atoms with Crippen molar-refractivity contribution in [3.8, 4) is 5.75 Å². The van der Waals surface area contributed by atoms with Gasteiger partial charge in [0.25, 0.3) is 12.9 Å². The Morgan fingerprint density at radius 1 is 1.07 bits per heavy atom. The van der Waals surface area contributed by atoms with Crippen LogP contribution in [-0.4, -0.2) is 51.0 Å². The van der Waals surface area contributed by atoms with Crippen LogP contribution in [0.1, 0.15) is 84.6 Å². The van der Waals surface area contributed by atoms with Gasteiger partial charge in [-0.3, -0.25) is 9.48 Å². The molecule has 1 atom stereocenters. The number of oxime groups is 1. The number of carbonyl (C=O) groups is 1. The van der Waals surface area contributed by atoms with Crippen molar-refractivity contribution in [2.24, 2.45) is 11.1 Å². The van der Waals surface area contributed by atoms with Gasteiger partial charge in [-0.25, -0.2) is 31.3 Å². The summed E-state index contributed by atoms with van der Waals surface area (Å²) in [5.74, 6) is -1.45. The molecule has 1 aliphatic carbocycles. The van der Waals surface area contributed by atoms with Crippen LogP contribution in [0, 0.1) is 17.6 Å². The molecular weight excluding hydrogens is 600 g/mol. The van der Waals surface area contributed by atoms with E-state index >= 15 is 0 Å². The number of thiazole rings is 1. The molecule has 2 aliphatic heterocycles. The monoisotopic (exact) mass is 627 g/mol. The van der Waals surface area contributed by atoms with Crippen LogP contribution in [0.25, 0.3) is 0 Å². The van der Waals surface area contributed by atoms with Gasteiger partial charge in [0.1, 0.15) is 41.0 Å². The van der Waals surface area contributed by atoms with Gasteiger partial charge in [0.2, 0.25) is 5.91 Å². The first kappa shape index (κ1) is 29.5. The van der Waals surface area contributed by atoms with Gasteiger partial charge in [0.05, 0.1) is 22.9 Å². The molecule has 2 fully saturated rings. The minimum absolute atomic E-state index is 0.0326. The highest BCUT2D eigenvalue weighted by molar-refractivity contribution is 7.10.